The van der Waals surface area contributed by atoms with Crippen LogP contribution in [0.1, 0.15) is 17.4 Å². The zero-order valence-electron chi connectivity index (χ0n) is 11.4. The fourth-order valence-electron chi connectivity index (χ4n) is 1.96. The number of aromatic nitrogens is 4. The molecule has 2 rings (SSSR count). The molecule has 0 spiro atoms. The number of likely N-dealkylation sites (N-methyl/N-ethyl adjacent to an activating group) is 1. The Bertz CT molecular complexity index is 544. The van der Waals surface area contributed by atoms with Gasteiger partial charge in [0.15, 0.2) is 0 Å². The van der Waals surface area contributed by atoms with Crippen LogP contribution < -0.4 is 5.73 Å². The van der Waals surface area contributed by atoms with E-state index in [2.05, 4.69) is 30.9 Å². The fraction of sp³-hybridized carbons (Fsp3) is 0.500. The van der Waals surface area contributed by atoms with E-state index in [1.807, 2.05) is 30.4 Å². The van der Waals surface area contributed by atoms with Crippen LogP contribution in [0.2, 0.25) is 0 Å². The lowest BCUT2D eigenvalue weighted by Crippen LogP contribution is -2.24. The molecule has 2 aromatic rings. The van der Waals surface area contributed by atoms with Crippen molar-refractivity contribution in [1.82, 2.24) is 24.2 Å². The number of nitrogens with two attached hydrogens (primary N) is 1. The van der Waals surface area contributed by atoms with E-state index in [1.54, 1.807) is 18.7 Å². The van der Waals surface area contributed by atoms with Crippen LogP contribution in [0.25, 0.3) is 0 Å². The van der Waals surface area contributed by atoms with Gasteiger partial charge in [0.25, 0.3) is 0 Å². The Morgan fingerprint density at radius 3 is 2.74 bits per heavy atom. The molecule has 0 aromatic carbocycles. The minimum absolute atomic E-state index is 0.244. The van der Waals surface area contributed by atoms with Crippen molar-refractivity contribution in [3.8, 4) is 0 Å². The van der Waals surface area contributed by atoms with Gasteiger partial charge in [-0.05, 0) is 30.0 Å². The molecule has 104 valence electrons. The monoisotopic (exact) mass is 326 g/mol. The third-order valence-electron chi connectivity index (χ3n) is 3.06. The van der Waals surface area contributed by atoms with Gasteiger partial charge >= 0.3 is 0 Å². The van der Waals surface area contributed by atoms with E-state index in [9.17, 15) is 0 Å². The van der Waals surface area contributed by atoms with Crippen molar-refractivity contribution in [2.75, 3.05) is 20.6 Å². The van der Waals surface area contributed by atoms with Crippen LogP contribution in [0.4, 0.5) is 0 Å². The number of rotatable bonds is 5. The Balaban J connectivity index is 2.28. The van der Waals surface area contributed by atoms with Gasteiger partial charge in [-0.1, -0.05) is 0 Å². The highest BCUT2D eigenvalue weighted by atomic mass is 79.9. The highest BCUT2D eigenvalue weighted by Gasteiger charge is 2.20. The van der Waals surface area contributed by atoms with Crippen LogP contribution >= 0.6 is 15.9 Å². The number of imidazole rings is 1. The van der Waals surface area contributed by atoms with E-state index in [4.69, 9.17) is 5.73 Å². The second-order valence-corrected chi connectivity index (χ2v) is 5.67. The zero-order chi connectivity index (χ0) is 14.0. The summed E-state index contributed by atoms with van der Waals surface area (Å²) in [5, 5.41) is 4.38. The first-order valence-corrected chi connectivity index (χ1v) is 6.87. The van der Waals surface area contributed by atoms with Crippen LogP contribution in [-0.2, 0) is 13.6 Å². The molecular formula is C12H19BrN6. The molecule has 0 aliphatic carbocycles. The quantitative estimate of drug-likeness (QED) is 0.889. The van der Waals surface area contributed by atoms with Crippen LogP contribution in [-0.4, -0.2) is 44.9 Å². The van der Waals surface area contributed by atoms with Gasteiger partial charge in [0.05, 0.1) is 47.2 Å². The summed E-state index contributed by atoms with van der Waals surface area (Å²) in [4.78, 5) is 6.24. The third-order valence-corrected chi connectivity index (χ3v) is 3.67. The van der Waals surface area contributed by atoms with Gasteiger partial charge in [0, 0.05) is 13.6 Å². The average Bonchev–Trinajstić information content (AvgIpc) is 2.92. The normalized spacial score (nSPS) is 13.2. The summed E-state index contributed by atoms with van der Waals surface area (Å²) >= 11 is 3.53. The lowest BCUT2D eigenvalue weighted by molar-refractivity contribution is 0.367. The number of halogens is 1. The summed E-state index contributed by atoms with van der Waals surface area (Å²) in [5.41, 5.74) is 8.29. The summed E-state index contributed by atoms with van der Waals surface area (Å²) in [6.45, 7) is 1.72. The minimum Gasteiger partial charge on any atom is -0.336 e. The summed E-state index contributed by atoms with van der Waals surface area (Å²) < 4.78 is 4.81. The van der Waals surface area contributed by atoms with Crippen molar-refractivity contribution in [3.63, 3.8) is 0 Å². The topological polar surface area (TPSA) is 64.9 Å². The van der Waals surface area contributed by atoms with Gasteiger partial charge in [-0.15, -0.1) is 0 Å². The first-order chi connectivity index (χ1) is 9.00. The van der Waals surface area contributed by atoms with Gasteiger partial charge in [0.1, 0.15) is 0 Å². The predicted octanol–water partition coefficient (Wildman–Crippen LogP) is 0.989. The van der Waals surface area contributed by atoms with Crippen molar-refractivity contribution in [2.24, 2.45) is 12.8 Å². The van der Waals surface area contributed by atoms with E-state index in [1.165, 1.54) is 0 Å². The van der Waals surface area contributed by atoms with Crippen LogP contribution in [0.3, 0.4) is 0 Å². The molecule has 0 aliphatic rings. The second-order valence-electron chi connectivity index (χ2n) is 4.81. The number of hydrogen-bond acceptors (Lipinski definition) is 4. The lowest BCUT2D eigenvalue weighted by atomic mass is 10.1. The van der Waals surface area contributed by atoms with Gasteiger partial charge < -0.3 is 15.2 Å². The number of nitrogens with zero attached hydrogens (tertiary/aromatic N) is 5. The molecule has 0 amide bonds. The molecule has 0 radical (unpaired) electrons. The van der Waals surface area contributed by atoms with E-state index in [-0.39, 0.29) is 6.04 Å². The summed E-state index contributed by atoms with van der Waals surface area (Å²) in [6.07, 6.45) is 5.34. The fourth-order valence-corrected chi connectivity index (χ4v) is 2.50. The SMILES string of the molecule is CN(C)CCn1ncc(Br)c1C(N)c1cncn1C. The van der Waals surface area contributed by atoms with E-state index in [0.717, 1.165) is 29.0 Å². The molecule has 0 saturated carbocycles. The minimum atomic E-state index is -0.244. The van der Waals surface area contributed by atoms with Gasteiger partial charge in [-0.2, -0.15) is 5.10 Å². The molecule has 2 aromatic heterocycles. The van der Waals surface area contributed by atoms with Crippen molar-refractivity contribution in [3.05, 3.63) is 34.6 Å². The van der Waals surface area contributed by atoms with Crippen molar-refractivity contribution in [1.29, 1.82) is 0 Å². The first-order valence-electron chi connectivity index (χ1n) is 6.08. The molecular weight excluding hydrogens is 308 g/mol. The Kier molecular flexibility index (Phi) is 4.38. The van der Waals surface area contributed by atoms with Crippen LogP contribution in [0, 0.1) is 0 Å². The van der Waals surface area contributed by atoms with Crippen molar-refractivity contribution in [2.45, 2.75) is 12.6 Å². The molecule has 0 fully saturated rings. The van der Waals surface area contributed by atoms with Crippen LogP contribution in [0.5, 0.6) is 0 Å². The van der Waals surface area contributed by atoms with Gasteiger partial charge in [-0.3, -0.25) is 4.68 Å². The van der Waals surface area contributed by atoms with Gasteiger partial charge in [-0.25, -0.2) is 4.98 Å². The molecule has 6 nitrogen and oxygen atoms in total. The van der Waals surface area contributed by atoms with Gasteiger partial charge in [0.2, 0.25) is 0 Å². The van der Waals surface area contributed by atoms with Crippen LogP contribution in [0.15, 0.2) is 23.2 Å². The third kappa shape index (κ3) is 3.05. The smallest absolute Gasteiger partial charge is 0.0946 e. The molecule has 1 unspecified atom stereocenters. The molecule has 19 heavy (non-hydrogen) atoms. The Labute approximate surface area is 121 Å². The molecule has 7 heteroatoms. The maximum Gasteiger partial charge on any atom is 0.0946 e. The maximum absolute atomic E-state index is 6.35. The first kappa shape index (κ1) is 14.2. The molecule has 0 saturated heterocycles. The number of hydrogen-bond donors (Lipinski definition) is 1. The Hall–Kier alpha value is -1.18. The predicted molar refractivity (Wildman–Crippen MR) is 77.7 cm³/mol. The lowest BCUT2D eigenvalue weighted by Gasteiger charge is -2.17. The largest absolute Gasteiger partial charge is 0.336 e. The highest BCUT2D eigenvalue weighted by molar-refractivity contribution is 9.10. The molecule has 1 atom stereocenters. The van der Waals surface area contributed by atoms with Crippen molar-refractivity contribution < 1.29 is 0 Å². The van der Waals surface area contributed by atoms with Crippen molar-refractivity contribution >= 4 is 15.9 Å². The zero-order valence-corrected chi connectivity index (χ0v) is 13.0. The molecule has 0 aliphatic heterocycles. The summed E-state index contributed by atoms with van der Waals surface area (Å²) in [6, 6.07) is -0.244. The average molecular weight is 327 g/mol. The summed E-state index contributed by atoms with van der Waals surface area (Å²) in [7, 11) is 6.02. The highest BCUT2D eigenvalue weighted by Crippen LogP contribution is 2.26. The van der Waals surface area contributed by atoms with E-state index in [0.29, 0.717) is 0 Å². The van der Waals surface area contributed by atoms with E-state index < -0.39 is 0 Å². The molecule has 0 bridgehead atoms. The molecule has 2 heterocycles. The summed E-state index contributed by atoms with van der Waals surface area (Å²) in [5.74, 6) is 0. The molecule has 2 N–H and O–H groups in total. The number of aryl methyl sites for hydroxylation is 1. The maximum atomic E-state index is 6.35. The Morgan fingerprint density at radius 1 is 1.42 bits per heavy atom. The van der Waals surface area contributed by atoms with E-state index >= 15 is 0 Å². The standard InChI is InChI=1S/C12H19BrN6/c1-17(2)4-5-19-12(9(13)6-16-19)11(14)10-7-15-8-18(10)3/h6-8,11H,4-5,14H2,1-3H3. The Morgan fingerprint density at radius 2 is 2.16 bits per heavy atom. The second kappa shape index (κ2) is 5.85.